The predicted octanol–water partition coefficient (Wildman–Crippen LogP) is 2.09. The van der Waals surface area contributed by atoms with Crippen molar-refractivity contribution < 1.29 is 17.7 Å². The maximum Gasteiger partial charge on any atom is 0.389 e. The fraction of sp³-hybridized carbons (Fsp3) is 0.800. The van der Waals surface area contributed by atoms with Crippen LogP contribution in [-0.2, 0) is 12.8 Å². The van der Waals surface area contributed by atoms with Crippen molar-refractivity contribution in [2.24, 2.45) is 11.7 Å². The zero-order valence-electron chi connectivity index (χ0n) is 9.63. The van der Waals surface area contributed by atoms with Gasteiger partial charge in [-0.05, 0) is 18.9 Å². The molecule has 1 heterocycles. The third-order valence-electron chi connectivity index (χ3n) is 2.40. The minimum atomic E-state index is -4.19. The monoisotopic (exact) mass is 251 g/mol. The van der Waals surface area contributed by atoms with Crippen LogP contribution >= 0.6 is 0 Å². The number of aromatic nitrogens is 2. The summed E-state index contributed by atoms with van der Waals surface area (Å²) in [4.78, 5) is 3.90. The number of halogens is 3. The molecule has 1 unspecified atom stereocenters. The summed E-state index contributed by atoms with van der Waals surface area (Å²) in [5.41, 5.74) is 5.45. The highest BCUT2D eigenvalue weighted by Gasteiger charge is 2.27. The second-order valence-corrected chi connectivity index (χ2v) is 4.10. The molecule has 0 aliphatic rings. The van der Waals surface area contributed by atoms with E-state index in [0.29, 0.717) is 24.8 Å². The molecular formula is C10H16F3N3O. The molecule has 0 radical (unpaired) electrons. The molecule has 0 aliphatic heterocycles. The first-order chi connectivity index (χ1) is 7.90. The number of hydrogen-bond donors (Lipinski definition) is 1. The standard InChI is InChI=1S/C10H16F3N3O/c1-7(6-14)2-3-9-15-8(16-17-9)4-5-10(11,12)13/h7H,2-6,14H2,1H3. The van der Waals surface area contributed by atoms with E-state index < -0.39 is 12.6 Å². The van der Waals surface area contributed by atoms with E-state index in [1.165, 1.54) is 0 Å². The van der Waals surface area contributed by atoms with Gasteiger partial charge in [-0.2, -0.15) is 18.2 Å². The van der Waals surface area contributed by atoms with Crippen molar-refractivity contribution in [3.8, 4) is 0 Å². The minimum absolute atomic E-state index is 0.109. The van der Waals surface area contributed by atoms with Gasteiger partial charge < -0.3 is 10.3 Å². The second-order valence-electron chi connectivity index (χ2n) is 4.10. The third kappa shape index (κ3) is 5.67. The van der Waals surface area contributed by atoms with Crippen LogP contribution in [0.1, 0.15) is 31.5 Å². The summed E-state index contributed by atoms with van der Waals surface area (Å²) in [5, 5.41) is 3.51. The Morgan fingerprint density at radius 2 is 2.06 bits per heavy atom. The Labute approximate surface area is 97.4 Å². The van der Waals surface area contributed by atoms with E-state index in [1.54, 1.807) is 0 Å². The summed E-state index contributed by atoms with van der Waals surface area (Å²) in [6.07, 6.45) is -4.01. The summed E-state index contributed by atoms with van der Waals surface area (Å²) in [5.74, 6) is 0.820. The average molecular weight is 251 g/mol. The Hall–Kier alpha value is -1.11. The number of aryl methyl sites for hydroxylation is 2. The van der Waals surface area contributed by atoms with E-state index in [9.17, 15) is 13.2 Å². The Bertz CT molecular complexity index is 338. The molecule has 0 saturated heterocycles. The maximum absolute atomic E-state index is 11.9. The van der Waals surface area contributed by atoms with Crippen LogP contribution in [0.4, 0.5) is 13.2 Å². The van der Waals surface area contributed by atoms with Crippen LogP contribution in [0.3, 0.4) is 0 Å². The normalized spacial score (nSPS) is 13.9. The van der Waals surface area contributed by atoms with Gasteiger partial charge in [-0.3, -0.25) is 0 Å². The van der Waals surface area contributed by atoms with Gasteiger partial charge in [0.1, 0.15) is 0 Å². The first-order valence-electron chi connectivity index (χ1n) is 5.49. The molecule has 0 saturated carbocycles. The summed E-state index contributed by atoms with van der Waals surface area (Å²) in [6, 6.07) is 0. The lowest BCUT2D eigenvalue weighted by atomic mass is 10.1. The van der Waals surface area contributed by atoms with Crippen molar-refractivity contribution in [2.45, 2.75) is 38.8 Å². The van der Waals surface area contributed by atoms with Gasteiger partial charge in [0.15, 0.2) is 5.82 Å². The van der Waals surface area contributed by atoms with E-state index in [-0.39, 0.29) is 12.2 Å². The second kappa shape index (κ2) is 6.00. The van der Waals surface area contributed by atoms with Gasteiger partial charge in [0, 0.05) is 12.8 Å². The molecule has 0 spiro atoms. The molecule has 0 aliphatic carbocycles. The molecule has 98 valence electrons. The van der Waals surface area contributed by atoms with Crippen molar-refractivity contribution in [3.05, 3.63) is 11.7 Å². The van der Waals surface area contributed by atoms with Crippen molar-refractivity contribution in [2.75, 3.05) is 6.54 Å². The lowest BCUT2D eigenvalue weighted by molar-refractivity contribution is -0.134. The molecule has 7 heteroatoms. The quantitative estimate of drug-likeness (QED) is 0.840. The Balaban J connectivity index is 2.37. The lowest BCUT2D eigenvalue weighted by Gasteiger charge is -2.04. The fourth-order valence-corrected chi connectivity index (χ4v) is 1.23. The van der Waals surface area contributed by atoms with Crippen LogP contribution in [0.25, 0.3) is 0 Å². The number of nitrogens with two attached hydrogens (primary N) is 1. The predicted molar refractivity (Wildman–Crippen MR) is 55.2 cm³/mol. The van der Waals surface area contributed by atoms with Gasteiger partial charge in [0.05, 0.1) is 6.42 Å². The SMILES string of the molecule is CC(CN)CCc1nc(CCC(F)(F)F)no1. The molecular weight excluding hydrogens is 235 g/mol. The molecule has 0 bridgehead atoms. The maximum atomic E-state index is 11.9. The summed E-state index contributed by atoms with van der Waals surface area (Å²) in [6.45, 7) is 2.55. The summed E-state index contributed by atoms with van der Waals surface area (Å²) in [7, 11) is 0. The highest BCUT2D eigenvalue weighted by atomic mass is 19.4. The van der Waals surface area contributed by atoms with Crippen molar-refractivity contribution in [1.82, 2.24) is 10.1 Å². The first kappa shape index (κ1) is 14.0. The minimum Gasteiger partial charge on any atom is -0.339 e. The van der Waals surface area contributed by atoms with Crippen LogP contribution < -0.4 is 5.73 Å². The van der Waals surface area contributed by atoms with Gasteiger partial charge in [0.25, 0.3) is 0 Å². The number of hydrogen-bond acceptors (Lipinski definition) is 4. The van der Waals surface area contributed by atoms with Crippen molar-refractivity contribution in [1.29, 1.82) is 0 Å². The largest absolute Gasteiger partial charge is 0.389 e. The van der Waals surface area contributed by atoms with Crippen molar-refractivity contribution in [3.63, 3.8) is 0 Å². The van der Waals surface area contributed by atoms with E-state index in [2.05, 4.69) is 10.1 Å². The van der Waals surface area contributed by atoms with E-state index in [0.717, 1.165) is 6.42 Å². The van der Waals surface area contributed by atoms with Crippen LogP contribution in [0.5, 0.6) is 0 Å². The highest BCUT2D eigenvalue weighted by Crippen LogP contribution is 2.21. The van der Waals surface area contributed by atoms with Gasteiger partial charge in [0.2, 0.25) is 5.89 Å². The first-order valence-corrected chi connectivity index (χ1v) is 5.49. The lowest BCUT2D eigenvalue weighted by Crippen LogP contribution is -2.11. The summed E-state index contributed by atoms with van der Waals surface area (Å²) >= 11 is 0. The summed E-state index contributed by atoms with van der Waals surface area (Å²) < 4.78 is 40.7. The average Bonchev–Trinajstić information content (AvgIpc) is 2.70. The van der Waals surface area contributed by atoms with Crippen LogP contribution in [0, 0.1) is 5.92 Å². The molecule has 1 atom stereocenters. The Morgan fingerprint density at radius 1 is 1.35 bits per heavy atom. The number of alkyl halides is 3. The molecule has 1 aromatic heterocycles. The van der Waals surface area contributed by atoms with Crippen LogP contribution in [0.15, 0.2) is 4.52 Å². The molecule has 4 nitrogen and oxygen atoms in total. The topological polar surface area (TPSA) is 64.9 Å². The highest BCUT2D eigenvalue weighted by molar-refractivity contribution is 4.87. The number of rotatable bonds is 6. The molecule has 0 aromatic carbocycles. The van der Waals surface area contributed by atoms with Gasteiger partial charge in [-0.25, -0.2) is 0 Å². The smallest absolute Gasteiger partial charge is 0.339 e. The van der Waals surface area contributed by atoms with Crippen molar-refractivity contribution >= 4 is 0 Å². The molecule has 17 heavy (non-hydrogen) atoms. The van der Waals surface area contributed by atoms with Crippen LogP contribution in [0.2, 0.25) is 0 Å². The van der Waals surface area contributed by atoms with Gasteiger partial charge in [-0.15, -0.1) is 0 Å². The molecule has 0 amide bonds. The van der Waals surface area contributed by atoms with E-state index in [1.807, 2.05) is 6.92 Å². The molecule has 2 N–H and O–H groups in total. The van der Waals surface area contributed by atoms with Crippen LogP contribution in [-0.4, -0.2) is 22.9 Å². The zero-order valence-corrected chi connectivity index (χ0v) is 9.63. The van der Waals surface area contributed by atoms with E-state index in [4.69, 9.17) is 10.3 Å². The fourth-order valence-electron chi connectivity index (χ4n) is 1.23. The molecule has 0 fully saturated rings. The Kier molecular flexibility index (Phi) is 4.92. The van der Waals surface area contributed by atoms with E-state index >= 15 is 0 Å². The number of nitrogens with zero attached hydrogens (tertiary/aromatic N) is 2. The molecule has 1 aromatic rings. The van der Waals surface area contributed by atoms with Gasteiger partial charge >= 0.3 is 6.18 Å². The Morgan fingerprint density at radius 3 is 2.65 bits per heavy atom. The zero-order chi connectivity index (χ0) is 12.9. The molecule has 1 rings (SSSR count). The van der Waals surface area contributed by atoms with Gasteiger partial charge in [-0.1, -0.05) is 12.1 Å². The third-order valence-corrected chi connectivity index (χ3v) is 2.40.